The minimum absolute atomic E-state index is 0.0585. The predicted molar refractivity (Wildman–Crippen MR) is 50.6 cm³/mol. The number of carbonyl (C=O) groups excluding carboxylic acids is 1. The van der Waals surface area contributed by atoms with Gasteiger partial charge in [0.15, 0.2) is 0 Å². The lowest BCUT2D eigenvalue weighted by molar-refractivity contribution is 0.0616. The summed E-state index contributed by atoms with van der Waals surface area (Å²) in [5.74, 6) is 0. The molecule has 0 spiro atoms. The Balaban J connectivity index is 4.09. The van der Waals surface area contributed by atoms with Gasteiger partial charge in [0.25, 0.3) is 0 Å². The zero-order valence-electron chi connectivity index (χ0n) is 8.83. The zero-order valence-corrected chi connectivity index (χ0v) is 8.83. The monoisotopic (exact) mass is 189 g/mol. The molecule has 0 aromatic carbocycles. The number of aliphatic hydroxyl groups excluding tert-OH is 1. The van der Waals surface area contributed by atoms with Crippen molar-refractivity contribution in [3.63, 3.8) is 0 Å². The van der Waals surface area contributed by atoms with E-state index in [1.54, 1.807) is 11.9 Å². The van der Waals surface area contributed by atoms with Gasteiger partial charge in [-0.2, -0.15) is 0 Å². The molecule has 1 N–H and O–H groups in total. The fourth-order valence-electron chi connectivity index (χ4n) is 0.714. The zero-order chi connectivity index (χ0) is 10.5. The molecule has 1 amide bonds. The van der Waals surface area contributed by atoms with Crippen molar-refractivity contribution in [3.05, 3.63) is 0 Å². The molecule has 78 valence electrons. The van der Waals surface area contributed by atoms with Crippen molar-refractivity contribution >= 4 is 6.09 Å². The second kappa shape index (κ2) is 5.07. The van der Waals surface area contributed by atoms with Crippen LogP contribution in [0.25, 0.3) is 0 Å². The molecule has 0 rings (SSSR count). The van der Waals surface area contributed by atoms with E-state index in [1.807, 2.05) is 20.8 Å². The van der Waals surface area contributed by atoms with Gasteiger partial charge >= 0.3 is 6.09 Å². The quantitative estimate of drug-likeness (QED) is 0.723. The minimum atomic E-state index is -0.388. The van der Waals surface area contributed by atoms with E-state index < -0.39 is 0 Å². The maximum Gasteiger partial charge on any atom is 0.410 e. The van der Waals surface area contributed by atoms with E-state index >= 15 is 0 Å². The van der Waals surface area contributed by atoms with Gasteiger partial charge in [-0.1, -0.05) is 6.92 Å². The first-order valence-corrected chi connectivity index (χ1v) is 4.47. The van der Waals surface area contributed by atoms with Crippen LogP contribution in [0.15, 0.2) is 0 Å². The van der Waals surface area contributed by atoms with E-state index in [1.165, 1.54) is 0 Å². The Bertz CT molecular complexity index is 168. The van der Waals surface area contributed by atoms with Gasteiger partial charge in [-0.25, -0.2) is 4.79 Å². The molecule has 0 bridgehead atoms. The van der Waals surface area contributed by atoms with Gasteiger partial charge in [0.05, 0.1) is 6.61 Å². The second-order valence-corrected chi connectivity index (χ2v) is 3.56. The number of aliphatic hydroxyl groups is 1. The summed E-state index contributed by atoms with van der Waals surface area (Å²) in [6, 6.07) is 0. The molecule has 0 aliphatic rings. The summed E-state index contributed by atoms with van der Waals surface area (Å²) < 4.78 is 4.78. The van der Waals surface area contributed by atoms with Crippen LogP contribution in [0, 0.1) is 0 Å². The van der Waals surface area contributed by atoms with Crippen LogP contribution in [-0.2, 0) is 4.74 Å². The molecule has 0 radical (unpaired) electrons. The first-order valence-electron chi connectivity index (χ1n) is 4.47. The predicted octanol–water partition coefficient (Wildman–Crippen LogP) is 1.24. The highest BCUT2D eigenvalue weighted by molar-refractivity contribution is 5.68. The summed E-state index contributed by atoms with van der Waals surface area (Å²) in [5.41, 5.74) is -0.202. The van der Waals surface area contributed by atoms with Crippen molar-refractivity contribution in [3.8, 4) is 0 Å². The molecule has 0 aromatic heterocycles. The number of hydrogen-bond donors (Lipinski definition) is 1. The molecule has 0 unspecified atom stereocenters. The number of ether oxygens (including phenoxy) is 1. The molecule has 0 saturated heterocycles. The SMILES string of the molecule is CCC(C)(C)N(C)C(=O)OCCO. The summed E-state index contributed by atoms with van der Waals surface area (Å²) in [6.07, 6.45) is 0.471. The maximum atomic E-state index is 11.3. The number of rotatable bonds is 4. The van der Waals surface area contributed by atoms with Gasteiger partial charge in [0.1, 0.15) is 6.61 Å². The van der Waals surface area contributed by atoms with E-state index in [9.17, 15) is 4.79 Å². The molecule has 4 heteroatoms. The van der Waals surface area contributed by atoms with Gasteiger partial charge in [0.2, 0.25) is 0 Å². The van der Waals surface area contributed by atoms with Crippen molar-refractivity contribution in [1.29, 1.82) is 0 Å². The molecule has 4 nitrogen and oxygen atoms in total. The first kappa shape index (κ1) is 12.2. The van der Waals surface area contributed by atoms with Crippen molar-refractivity contribution in [2.24, 2.45) is 0 Å². The van der Waals surface area contributed by atoms with E-state index in [0.717, 1.165) is 6.42 Å². The lowest BCUT2D eigenvalue weighted by atomic mass is 10.0. The average Bonchev–Trinajstić information content (AvgIpc) is 2.12. The van der Waals surface area contributed by atoms with E-state index in [0.29, 0.717) is 0 Å². The molecular weight excluding hydrogens is 170 g/mol. The van der Waals surface area contributed by atoms with Crippen LogP contribution in [-0.4, -0.2) is 41.9 Å². The molecule has 0 heterocycles. The highest BCUT2D eigenvalue weighted by Gasteiger charge is 2.26. The number of nitrogens with zero attached hydrogens (tertiary/aromatic N) is 1. The smallest absolute Gasteiger partial charge is 0.410 e. The van der Waals surface area contributed by atoms with Gasteiger partial charge in [0, 0.05) is 12.6 Å². The molecule has 0 aromatic rings. The summed E-state index contributed by atoms with van der Waals surface area (Å²) in [7, 11) is 1.70. The Morgan fingerprint density at radius 2 is 2.08 bits per heavy atom. The molecule has 0 atom stereocenters. The molecule has 0 aliphatic heterocycles. The average molecular weight is 189 g/mol. The minimum Gasteiger partial charge on any atom is -0.447 e. The first-order chi connectivity index (χ1) is 5.95. The Morgan fingerprint density at radius 3 is 2.46 bits per heavy atom. The number of hydrogen-bond acceptors (Lipinski definition) is 3. The Hall–Kier alpha value is -0.770. The van der Waals surface area contributed by atoms with Crippen molar-refractivity contribution in [2.75, 3.05) is 20.3 Å². The highest BCUT2D eigenvalue weighted by Crippen LogP contribution is 2.16. The standard InChI is InChI=1S/C9H19NO3/c1-5-9(2,3)10(4)8(12)13-7-6-11/h11H,5-7H2,1-4H3. The summed E-state index contributed by atoms with van der Waals surface area (Å²) in [4.78, 5) is 12.8. The van der Waals surface area contributed by atoms with Crippen LogP contribution in [0.4, 0.5) is 4.79 Å². The lowest BCUT2D eigenvalue weighted by Gasteiger charge is -2.33. The summed E-state index contributed by atoms with van der Waals surface area (Å²) >= 11 is 0. The third-order valence-corrected chi connectivity index (χ3v) is 2.36. The van der Waals surface area contributed by atoms with Gasteiger partial charge < -0.3 is 14.7 Å². The van der Waals surface area contributed by atoms with Crippen LogP contribution in [0.5, 0.6) is 0 Å². The maximum absolute atomic E-state index is 11.3. The highest BCUT2D eigenvalue weighted by atomic mass is 16.6. The van der Waals surface area contributed by atoms with E-state index in [2.05, 4.69) is 0 Å². The topological polar surface area (TPSA) is 49.8 Å². The van der Waals surface area contributed by atoms with E-state index in [-0.39, 0.29) is 24.8 Å². The summed E-state index contributed by atoms with van der Waals surface area (Å²) in [6.45, 7) is 5.87. The van der Waals surface area contributed by atoms with Crippen molar-refractivity contribution in [1.82, 2.24) is 4.90 Å². The van der Waals surface area contributed by atoms with Crippen LogP contribution in [0.1, 0.15) is 27.2 Å². The number of amides is 1. The van der Waals surface area contributed by atoms with Gasteiger partial charge in [-0.15, -0.1) is 0 Å². The second-order valence-electron chi connectivity index (χ2n) is 3.56. The van der Waals surface area contributed by atoms with Crippen LogP contribution < -0.4 is 0 Å². The van der Waals surface area contributed by atoms with E-state index in [4.69, 9.17) is 9.84 Å². The van der Waals surface area contributed by atoms with Crippen LogP contribution in [0.3, 0.4) is 0 Å². The Morgan fingerprint density at radius 1 is 1.54 bits per heavy atom. The fourth-order valence-corrected chi connectivity index (χ4v) is 0.714. The fraction of sp³-hybridized carbons (Fsp3) is 0.889. The van der Waals surface area contributed by atoms with Crippen molar-refractivity contribution < 1.29 is 14.6 Å². The summed E-state index contributed by atoms with van der Waals surface area (Å²) in [5, 5.41) is 8.46. The molecular formula is C9H19NO3. The molecule has 0 saturated carbocycles. The molecule has 13 heavy (non-hydrogen) atoms. The van der Waals surface area contributed by atoms with Crippen molar-refractivity contribution in [2.45, 2.75) is 32.7 Å². The number of carbonyl (C=O) groups is 1. The Kier molecular flexibility index (Phi) is 4.77. The lowest BCUT2D eigenvalue weighted by Crippen LogP contribution is -2.44. The molecule has 0 aliphatic carbocycles. The van der Waals surface area contributed by atoms with Gasteiger partial charge in [-0.3, -0.25) is 0 Å². The normalized spacial score (nSPS) is 11.2. The van der Waals surface area contributed by atoms with Gasteiger partial charge in [-0.05, 0) is 20.3 Å². The third-order valence-electron chi connectivity index (χ3n) is 2.36. The largest absolute Gasteiger partial charge is 0.447 e. The van der Waals surface area contributed by atoms with Crippen LogP contribution in [0.2, 0.25) is 0 Å². The van der Waals surface area contributed by atoms with Crippen LogP contribution >= 0.6 is 0 Å². The third kappa shape index (κ3) is 3.63. The Labute approximate surface area is 79.5 Å². The molecule has 0 fully saturated rings.